The summed E-state index contributed by atoms with van der Waals surface area (Å²) < 4.78 is 12.3. The number of rotatable bonds is 7. The van der Waals surface area contributed by atoms with Gasteiger partial charge >= 0.3 is 0 Å². The van der Waals surface area contributed by atoms with Gasteiger partial charge in [-0.1, -0.05) is 29.3 Å². The van der Waals surface area contributed by atoms with Gasteiger partial charge in [-0.05, 0) is 30.2 Å². The summed E-state index contributed by atoms with van der Waals surface area (Å²) in [5.74, 6) is 1.79. The predicted molar refractivity (Wildman–Crippen MR) is 102 cm³/mol. The van der Waals surface area contributed by atoms with Crippen molar-refractivity contribution in [2.24, 2.45) is 17.8 Å². The van der Waals surface area contributed by atoms with Crippen LogP contribution < -0.4 is 20.5 Å². The maximum Gasteiger partial charge on any atom is 0.188 e. The minimum Gasteiger partial charge on any atom is -0.493 e. The number of methoxy groups -OCH3 is 2. The normalized spacial score (nSPS) is 11.5. The van der Waals surface area contributed by atoms with E-state index in [0.29, 0.717) is 40.7 Å². The minimum absolute atomic E-state index is 0.369. The summed E-state index contributed by atoms with van der Waals surface area (Å²) in [4.78, 5) is 4.30. The lowest BCUT2D eigenvalue weighted by atomic mass is 10.1. The number of ether oxygens (including phenoxy) is 2. The number of aliphatic imine (C=N–C) groups is 1. The number of halogens is 2. The van der Waals surface area contributed by atoms with Crippen LogP contribution in [0, 0.1) is 0 Å². The number of nitrogens with two attached hydrogens (primary N) is 1. The molecule has 0 aliphatic heterocycles. The van der Waals surface area contributed by atoms with Gasteiger partial charge in [-0.2, -0.15) is 0 Å². The Morgan fingerprint density at radius 1 is 1.20 bits per heavy atom. The highest BCUT2D eigenvalue weighted by Crippen LogP contribution is 2.27. The zero-order chi connectivity index (χ0) is 18.4. The van der Waals surface area contributed by atoms with Gasteiger partial charge < -0.3 is 25.1 Å². The van der Waals surface area contributed by atoms with Crippen molar-refractivity contribution >= 4 is 29.2 Å². The van der Waals surface area contributed by atoms with Crippen molar-refractivity contribution in [3.05, 3.63) is 45.7 Å². The number of hydrogen-bond acceptors (Lipinski definition) is 3. The summed E-state index contributed by atoms with van der Waals surface area (Å²) >= 11 is 12.0. The largest absolute Gasteiger partial charge is 0.493 e. The van der Waals surface area contributed by atoms with Gasteiger partial charge in [0.2, 0.25) is 0 Å². The van der Waals surface area contributed by atoms with Crippen molar-refractivity contribution in [2.75, 3.05) is 20.8 Å². The van der Waals surface area contributed by atoms with Crippen LogP contribution in [0.2, 0.25) is 10.2 Å². The van der Waals surface area contributed by atoms with E-state index in [4.69, 9.17) is 38.4 Å². The fourth-order valence-corrected chi connectivity index (χ4v) is 2.75. The smallest absolute Gasteiger partial charge is 0.188 e. The first kappa shape index (κ1) is 19.3. The maximum absolute atomic E-state index is 6.03. The third kappa shape index (κ3) is 4.96. The molecule has 0 aliphatic carbocycles. The van der Waals surface area contributed by atoms with Crippen LogP contribution >= 0.6 is 23.2 Å². The Bertz CT molecular complexity index is 759. The number of benzene rings is 1. The molecule has 1 heterocycles. The zero-order valence-corrected chi connectivity index (χ0v) is 16.0. The molecule has 3 N–H and O–H groups in total. The second kappa shape index (κ2) is 8.87. The monoisotopic (exact) mass is 384 g/mol. The summed E-state index contributed by atoms with van der Waals surface area (Å²) in [6.45, 7) is 1.05. The maximum atomic E-state index is 6.03. The van der Waals surface area contributed by atoms with Crippen molar-refractivity contribution in [3.8, 4) is 11.5 Å². The number of aromatic nitrogens is 1. The van der Waals surface area contributed by atoms with Gasteiger partial charge in [0.1, 0.15) is 5.15 Å². The molecule has 0 spiro atoms. The van der Waals surface area contributed by atoms with Crippen LogP contribution in [0.15, 0.2) is 29.3 Å². The van der Waals surface area contributed by atoms with Crippen molar-refractivity contribution < 1.29 is 9.47 Å². The first-order valence-electron chi connectivity index (χ1n) is 7.70. The Kier molecular flexibility index (Phi) is 6.84. The molecule has 0 saturated carbocycles. The Morgan fingerprint density at radius 3 is 2.52 bits per heavy atom. The molecule has 136 valence electrons. The van der Waals surface area contributed by atoms with Crippen molar-refractivity contribution in [3.63, 3.8) is 0 Å². The molecule has 2 aromatic rings. The minimum atomic E-state index is 0.369. The van der Waals surface area contributed by atoms with E-state index >= 15 is 0 Å². The molecule has 0 unspecified atom stereocenters. The lowest BCUT2D eigenvalue weighted by molar-refractivity contribution is 0.354. The van der Waals surface area contributed by atoms with Crippen LogP contribution in [0.4, 0.5) is 0 Å². The van der Waals surface area contributed by atoms with Gasteiger partial charge in [-0.15, -0.1) is 0 Å². The molecular formula is C17H22Cl2N4O2. The highest BCUT2D eigenvalue weighted by molar-refractivity contribution is 6.41. The third-order valence-electron chi connectivity index (χ3n) is 3.79. The number of guanidine groups is 1. The molecule has 6 nitrogen and oxygen atoms in total. The van der Waals surface area contributed by atoms with Crippen LogP contribution in [-0.2, 0) is 20.0 Å². The second-order valence-electron chi connectivity index (χ2n) is 5.40. The van der Waals surface area contributed by atoms with E-state index in [0.717, 1.165) is 17.7 Å². The number of nitrogens with one attached hydrogen (secondary N) is 1. The van der Waals surface area contributed by atoms with Gasteiger partial charge in [-0.25, -0.2) is 4.99 Å². The first-order chi connectivity index (χ1) is 12.0. The second-order valence-corrected chi connectivity index (χ2v) is 6.17. The Balaban J connectivity index is 1.87. The zero-order valence-electron chi connectivity index (χ0n) is 14.5. The number of hydrogen-bond donors (Lipinski definition) is 2. The molecule has 2 rings (SSSR count). The van der Waals surface area contributed by atoms with Gasteiger partial charge in [0, 0.05) is 19.3 Å². The third-order valence-corrected chi connectivity index (χ3v) is 4.64. The van der Waals surface area contributed by atoms with E-state index in [1.54, 1.807) is 24.9 Å². The summed E-state index contributed by atoms with van der Waals surface area (Å²) in [5, 5.41) is 4.09. The summed E-state index contributed by atoms with van der Waals surface area (Å²) in [6, 6.07) is 7.60. The van der Waals surface area contributed by atoms with Crippen LogP contribution in [0.5, 0.6) is 11.5 Å². The van der Waals surface area contributed by atoms with E-state index in [-0.39, 0.29) is 0 Å². The summed E-state index contributed by atoms with van der Waals surface area (Å²) in [5.41, 5.74) is 7.90. The molecule has 1 aromatic carbocycles. The van der Waals surface area contributed by atoms with E-state index in [2.05, 4.69) is 10.3 Å². The van der Waals surface area contributed by atoms with E-state index < -0.39 is 0 Å². The Labute approximate surface area is 157 Å². The molecule has 0 bridgehead atoms. The van der Waals surface area contributed by atoms with Crippen molar-refractivity contribution in [1.82, 2.24) is 9.88 Å². The summed E-state index contributed by atoms with van der Waals surface area (Å²) in [7, 11) is 5.07. The molecule has 0 aliphatic rings. The molecule has 0 saturated heterocycles. The quantitative estimate of drug-likeness (QED) is 0.568. The molecular weight excluding hydrogens is 363 g/mol. The van der Waals surface area contributed by atoms with Gasteiger partial charge in [0.15, 0.2) is 17.5 Å². The number of nitrogens with zero attached hydrogens (tertiary/aromatic N) is 2. The van der Waals surface area contributed by atoms with Crippen LogP contribution in [0.25, 0.3) is 0 Å². The topological polar surface area (TPSA) is 73.8 Å². The molecule has 0 radical (unpaired) electrons. The Morgan fingerprint density at radius 2 is 1.92 bits per heavy atom. The highest BCUT2D eigenvalue weighted by atomic mass is 35.5. The van der Waals surface area contributed by atoms with Crippen molar-refractivity contribution in [1.29, 1.82) is 0 Å². The van der Waals surface area contributed by atoms with Crippen LogP contribution in [-0.4, -0.2) is 31.3 Å². The lowest BCUT2D eigenvalue weighted by Crippen LogP contribution is -2.33. The average molecular weight is 385 g/mol. The highest BCUT2D eigenvalue weighted by Gasteiger charge is 2.08. The molecule has 0 amide bonds. The standard InChI is InChI=1S/C17H22Cl2N4O2/c1-23-12(9-13(18)16(23)19)10-22-17(20)21-7-6-11-4-5-14(24-2)15(8-11)25-3/h4-5,8-9H,6-7,10H2,1-3H3,(H3,20,21,22). The van der Waals surface area contributed by atoms with E-state index in [9.17, 15) is 0 Å². The van der Waals surface area contributed by atoms with Gasteiger partial charge in [0.25, 0.3) is 0 Å². The van der Waals surface area contributed by atoms with Crippen LogP contribution in [0.1, 0.15) is 11.3 Å². The van der Waals surface area contributed by atoms with Gasteiger partial charge in [0.05, 0.1) is 25.8 Å². The van der Waals surface area contributed by atoms with E-state index in [1.807, 2.05) is 25.2 Å². The molecule has 0 fully saturated rings. The lowest BCUT2D eigenvalue weighted by Gasteiger charge is -2.10. The molecule has 1 aromatic heterocycles. The fraction of sp³-hybridized carbons (Fsp3) is 0.353. The fourth-order valence-electron chi connectivity index (χ4n) is 2.33. The van der Waals surface area contributed by atoms with Crippen molar-refractivity contribution in [2.45, 2.75) is 13.0 Å². The first-order valence-corrected chi connectivity index (χ1v) is 8.46. The molecule has 25 heavy (non-hydrogen) atoms. The average Bonchev–Trinajstić information content (AvgIpc) is 2.86. The summed E-state index contributed by atoms with van der Waals surface area (Å²) in [6.07, 6.45) is 0.776. The predicted octanol–water partition coefficient (Wildman–Crippen LogP) is 3.00. The van der Waals surface area contributed by atoms with Crippen LogP contribution in [0.3, 0.4) is 0 Å². The molecule has 0 atom stereocenters. The van der Waals surface area contributed by atoms with E-state index in [1.165, 1.54) is 0 Å². The van der Waals surface area contributed by atoms with Gasteiger partial charge in [-0.3, -0.25) is 0 Å². The SMILES string of the molecule is COc1ccc(CCNC(N)=NCc2cc(Cl)c(Cl)n2C)cc1OC. The Hall–Kier alpha value is -2.05. The molecule has 8 heteroatoms.